The Bertz CT molecular complexity index is 528. The van der Waals surface area contributed by atoms with E-state index in [1.807, 2.05) is 13.8 Å². The zero-order valence-electron chi connectivity index (χ0n) is 13.4. The van der Waals surface area contributed by atoms with E-state index in [0.29, 0.717) is 24.9 Å². The third-order valence-electron chi connectivity index (χ3n) is 4.02. The van der Waals surface area contributed by atoms with Gasteiger partial charge in [0.05, 0.1) is 17.0 Å². The van der Waals surface area contributed by atoms with Crippen molar-refractivity contribution < 1.29 is 9.50 Å². The maximum atomic E-state index is 14.3. The molecule has 1 aromatic rings. The van der Waals surface area contributed by atoms with E-state index in [4.69, 9.17) is 11.6 Å². The van der Waals surface area contributed by atoms with Crippen LogP contribution in [0.25, 0.3) is 0 Å². The molecule has 2 N–H and O–H groups in total. The van der Waals surface area contributed by atoms with Crippen molar-refractivity contribution in [2.75, 3.05) is 20.2 Å². The van der Waals surface area contributed by atoms with Crippen molar-refractivity contribution in [2.24, 2.45) is 11.3 Å². The molecule has 1 aromatic carbocycles. The highest BCUT2D eigenvalue weighted by Gasteiger charge is 2.28. The van der Waals surface area contributed by atoms with Gasteiger partial charge in [-0.25, -0.2) is 4.39 Å². The van der Waals surface area contributed by atoms with E-state index >= 15 is 0 Å². The molecule has 0 aliphatic carbocycles. The van der Waals surface area contributed by atoms with Crippen molar-refractivity contribution in [1.29, 1.82) is 5.26 Å². The standard InChI is InChI=1S/C17H24ClFN2O/c1-17(2,11-22)8-7-12(9-20)14(10-21-3)13-5-4-6-15(18)16(13)19/h4-6,12,14,21-22H,7-8,10-11H2,1-3H3. The van der Waals surface area contributed by atoms with Crippen molar-refractivity contribution in [2.45, 2.75) is 32.6 Å². The molecule has 0 saturated heterocycles. The Morgan fingerprint density at radius 3 is 2.68 bits per heavy atom. The smallest absolute Gasteiger partial charge is 0.145 e. The molecule has 0 aliphatic rings. The number of halogens is 2. The van der Waals surface area contributed by atoms with Crippen LogP contribution in [0.3, 0.4) is 0 Å². The maximum absolute atomic E-state index is 14.3. The maximum Gasteiger partial charge on any atom is 0.145 e. The number of nitrogens with zero attached hydrogens (tertiary/aromatic N) is 1. The molecule has 2 atom stereocenters. The molecule has 0 aliphatic heterocycles. The molecule has 0 amide bonds. The Kier molecular flexibility index (Phi) is 7.28. The van der Waals surface area contributed by atoms with Crippen LogP contribution in [0.15, 0.2) is 18.2 Å². The van der Waals surface area contributed by atoms with Crippen molar-refractivity contribution in [3.05, 3.63) is 34.6 Å². The van der Waals surface area contributed by atoms with Crippen LogP contribution in [0.5, 0.6) is 0 Å². The second kappa shape index (κ2) is 8.47. The third kappa shape index (κ3) is 4.95. The lowest BCUT2D eigenvalue weighted by Gasteiger charge is -2.27. The molecule has 122 valence electrons. The number of aliphatic hydroxyl groups excluding tert-OH is 1. The van der Waals surface area contributed by atoms with E-state index in [1.54, 1.807) is 19.2 Å². The number of likely N-dealkylation sites (N-methyl/N-ethyl adjacent to an activating group) is 1. The molecule has 0 spiro atoms. The number of nitrogens with one attached hydrogen (secondary N) is 1. The molecule has 0 aromatic heterocycles. The van der Waals surface area contributed by atoms with Crippen LogP contribution in [-0.4, -0.2) is 25.3 Å². The lowest BCUT2D eigenvalue weighted by molar-refractivity contribution is 0.142. The molecule has 0 saturated carbocycles. The predicted octanol–water partition coefficient (Wildman–Crippen LogP) is 3.72. The predicted molar refractivity (Wildman–Crippen MR) is 87.3 cm³/mol. The molecule has 0 heterocycles. The van der Waals surface area contributed by atoms with Gasteiger partial charge in [-0.2, -0.15) is 5.26 Å². The first-order valence-corrected chi connectivity index (χ1v) is 7.83. The first kappa shape index (κ1) is 18.9. The summed E-state index contributed by atoms with van der Waals surface area (Å²) in [6.45, 7) is 4.46. The molecular weight excluding hydrogens is 303 g/mol. The average molecular weight is 327 g/mol. The van der Waals surface area contributed by atoms with Gasteiger partial charge in [0.1, 0.15) is 5.82 Å². The number of rotatable bonds is 8. The fourth-order valence-corrected chi connectivity index (χ4v) is 2.66. The minimum absolute atomic E-state index is 0.0629. The molecule has 0 bridgehead atoms. The summed E-state index contributed by atoms with van der Waals surface area (Å²) in [4.78, 5) is 0. The zero-order valence-corrected chi connectivity index (χ0v) is 14.1. The Balaban J connectivity index is 3.01. The Hall–Kier alpha value is -1.15. The highest BCUT2D eigenvalue weighted by Crippen LogP contribution is 2.34. The lowest BCUT2D eigenvalue weighted by Crippen LogP contribution is -2.26. The summed E-state index contributed by atoms with van der Waals surface area (Å²) in [7, 11) is 1.78. The highest BCUT2D eigenvalue weighted by atomic mass is 35.5. The number of benzene rings is 1. The lowest BCUT2D eigenvalue weighted by atomic mass is 9.79. The molecular formula is C17H24ClFN2O. The molecule has 3 nitrogen and oxygen atoms in total. The first-order valence-electron chi connectivity index (χ1n) is 7.45. The molecule has 1 rings (SSSR count). The van der Waals surface area contributed by atoms with Crippen LogP contribution >= 0.6 is 11.6 Å². The summed E-state index contributed by atoms with van der Waals surface area (Å²) < 4.78 is 14.3. The minimum atomic E-state index is -0.453. The van der Waals surface area contributed by atoms with Crippen molar-refractivity contribution >= 4 is 11.6 Å². The quantitative estimate of drug-likeness (QED) is 0.765. The van der Waals surface area contributed by atoms with Crippen LogP contribution in [0.4, 0.5) is 4.39 Å². The summed E-state index contributed by atoms with van der Waals surface area (Å²) in [5.41, 5.74) is 0.224. The SMILES string of the molecule is CNCC(c1cccc(Cl)c1F)C(C#N)CCC(C)(C)CO. The molecule has 0 radical (unpaired) electrons. The van der Waals surface area contributed by atoms with Crippen LogP contribution in [0.2, 0.25) is 5.02 Å². The fraction of sp³-hybridized carbons (Fsp3) is 0.588. The van der Waals surface area contributed by atoms with Crippen LogP contribution in [0, 0.1) is 28.5 Å². The summed E-state index contributed by atoms with van der Waals surface area (Å²) in [5, 5.41) is 22.0. The Labute approximate surface area is 137 Å². The summed E-state index contributed by atoms with van der Waals surface area (Å²) >= 11 is 5.87. The summed E-state index contributed by atoms with van der Waals surface area (Å²) in [5.74, 6) is -1.07. The largest absolute Gasteiger partial charge is 0.396 e. The normalized spacial score (nSPS) is 14.4. The van der Waals surface area contributed by atoms with Gasteiger partial charge in [0.2, 0.25) is 0 Å². The second-order valence-corrected chi connectivity index (χ2v) is 6.81. The number of aliphatic hydroxyl groups is 1. The topological polar surface area (TPSA) is 56.0 Å². The van der Waals surface area contributed by atoms with E-state index < -0.39 is 5.82 Å². The molecule has 22 heavy (non-hydrogen) atoms. The number of nitriles is 1. The van der Waals surface area contributed by atoms with Gasteiger partial charge in [-0.3, -0.25) is 0 Å². The van der Waals surface area contributed by atoms with Crippen LogP contribution < -0.4 is 5.32 Å². The minimum Gasteiger partial charge on any atom is -0.396 e. The molecule has 2 unspecified atom stereocenters. The van der Waals surface area contributed by atoms with E-state index in [0.717, 1.165) is 0 Å². The van der Waals surface area contributed by atoms with Crippen LogP contribution in [-0.2, 0) is 0 Å². The third-order valence-corrected chi connectivity index (χ3v) is 4.31. The van der Waals surface area contributed by atoms with Gasteiger partial charge in [-0.05, 0) is 36.9 Å². The van der Waals surface area contributed by atoms with Crippen molar-refractivity contribution in [1.82, 2.24) is 5.32 Å². The van der Waals surface area contributed by atoms with Crippen molar-refractivity contribution in [3.63, 3.8) is 0 Å². The van der Waals surface area contributed by atoms with Gasteiger partial charge < -0.3 is 10.4 Å². The second-order valence-electron chi connectivity index (χ2n) is 6.40. The fourth-order valence-electron chi connectivity index (χ4n) is 2.48. The summed E-state index contributed by atoms with van der Waals surface area (Å²) in [6, 6.07) is 7.19. The molecule has 0 fully saturated rings. The van der Waals surface area contributed by atoms with Gasteiger partial charge in [-0.15, -0.1) is 0 Å². The molecule has 5 heteroatoms. The van der Waals surface area contributed by atoms with Crippen molar-refractivity contribution in [3.8, 4) is 6.07 Å². The van der Waals surface area contributed by atoms with Gasteiger partial charge >= 0.3 is 0 Å². The van der Waals surface area contributed by atoms with E-state index in [9.17, 15) is 14.8 Å². The Morgan fingerprint density at radius 1 is 1.45 bits per heavy atom. The van der Waals surface area contributed by atoms with Crippen LogP contribution in [0.1, 0.15) is 38.2 Å². The van der Waals surface area contributed by atoms with E-state index in [1.165, 1.54) is 6.07 Å². The van der Waals surface area contributed by atoms with E-state index in [-0.39, 0.29) is 28.9 Å². The van der Waals surface area contributed by atoms with Gasteiger partial charge in [0, 0.05) is 19.1 Å². The number of hydrogen-bond acceptors (Lipinski definition) is 3. The zero-order chi connectivity index (χ0) is 16.8. The van der Waals surface area contributed by atoms with Gasteiger partial charge in [0.25, 0.3) is 0 Å². The van der Waals surface area contributed by atoms with Gasteiger partial charge in [-0.1, -0.05) is 37.6 Å². The Morgan fingerprint density at radius 2 is 2.14 bits per heavy atom. The summed E-state index contributed by atoms with van der Waals surface area (Å²) in [6.07, 6.45) is 1.30. The monoisotopic (exact) mass is 326 g/mol. The van der Waals surface area contributed by atoms with Gasteiger partial charge in [0.15, 0.2) is 0 Å². The highest BCUT2D eigenvalue weighted by molar-refractivity contribution is 6.30. The average Bonchev–Trinajstić information content (AvgIpc) is 2.49. The number of hydrogen-bond donors (Lipinski definition) is 2. The van der Waals surface area contributed by atoms with E-state index in [2.05, 4.69) is 11.4 Å². The first-order chi connectivity index (χ1) is 10.4.